The van der Waals surface area contributed by atoms with Gasteiger partial charge in [-0.2, -0.15) is 0 Å². The lowest BCUT2D eigenvalue weighted by Gasteiger charge is -2.23. The van der Waals surface area contributed by atoms with Gasteiger partial charge < -0.3 is 10.2 Å². The van der Waals surface area contributed by atoms with Gasteiger partial charge >= 0.3 is 0 Å². The van der Waals surface area contributed by atoms with Gasteiger partial charge in [0.25, 0.3) is 0 Å². The standard InChI is InChI=1S/C17H18ClFN2/c1-21(17-5-3-2-4-15(17)19)16-9-6-13(18)10-12(16)11-20-14-7-8-14/h2-6,9-10,14,20H,7-8,11H2,1H3. The molecule has 0 unspecified atom stereocenters. The summed E-state index contributed by atoms with van der Waals surface area (Å²) in [6, 6.07) is 13.1. The van der Waals surface area contributed by atoms with Gasteiger partial charge in [-0.1, -0.05) is 23.7 Å². The molecule has 2 aromatic rings. The Hall–Kier alpha value is -1.58. The van der Waals surface area contributed by atoms with Crippen LogP contribution in [0.5, 0.6) is 0 Å². The maximum Gasteiger partial charge on any atom is 0.146 e. The van der Waals surface area contributed by atoms with E-state index >= 15 is 0 Å². The maximum absolute atomic E-state index is 14.0. The lowest BCUT2D eigenvalue weighted by Crippen LogP contribution is -2.19. The third-order valence-corrected chi connectivity index (χ3v) is 4.01. The minimum absolute atomic E-state index is 0.226. The molecule has 1 aliphatic rings. The van der Waals surface area contributed by atoms with E-state index in [9.17, 15) is 4.39 Å². The first kappa shape index (κ1) is 14.4. The van der Waals surface area contributed by atoms with E-state index in [0.717, 1.165) is 17.8 Å². The van der Waals surface area contributed by atoms with Crippen molar-refractivity contribution in [2.24, 2.45) is 0 Å². The fourth-order valence-electron chi connectivity index (χ4n) is 2.42. The third kappa shape index (κ3) is 3.36. The maximum atomic E-state index is 14.0. The Bertz CT molecular complexity index is 640. The van der Waals surface area contributed by atoms with Crippen molar-refractivity contribution >= 4 is 23.0 Å². The number of anilines is 2. The van der Waals surface area contributed by atoms with Crippen LogP contribution in [0, 0.1) is 5.82 Å². The molecule has 0 aromatic heterocycles. The van der Waals surface area contributed by atoms with Crippen LogP contribution in [0.2, 0.25) is 5.02 Å². The molecular formula is C17H18ClFN2. The molecule has 0 bridgehead atoms. The molecule has 0 aliphatic heterocycles. The molecular weight excluding hydrogens is 287 g/mol. The summed E-state index contributed by atoms with van der Waals surface area (Å²) >= 11 is 6.11. The quantitative estimate of drug-likeness (QED) is 0.875. The van der Waals surface area contributed by atoms with Crippen LogP contribution >= 0.6 is 11.6 Å². The van der Waals surface area contributed by atoms with E-state index < -0.39 is 0 Å². The number of nitrogens with one attached hydrogen (secondary N) is 1. The molecule has 1 aliphatic carbocycles. The number of rotatable bonds is 5. The fourth-order valence-corrected chi connectivity index (χ4v) is 2.61. The Morgan fingerprint density at radius 2 is 1.95 bits per heavy atom. The zero-order valence-corrected chi connectivity index (χ0v) is 12.7. The summed E-state index contributed by atoms with van der Waals surface area (Å²) in [5.41, 5.74) is 2.62. The second-order valence-corrected chi connectivity index (χ2v) is 5.88. The van der Waals surface area contributed by atoms with Gasteiger partial charge in [-0.25, -0.2) is 4.39 Å². The minimum atomic E-state index is -0.226. The Balaban J connectivity index is 1.90. The molecule has 0 spiro atoms. The summed E-state index contributed by atoms with van der Waals surface area (Å²) in [4.78, 5) is 1.87. The second kappa shape index (κ2) is 6.04. The predicted octanol–water partition coefficient (Wildman–Crippen LogP) is 4.50. The van der Waals surface area contributed by atoms with Gasteiger partial charge in [0.15, 0.2) is 0 Å². The molecule has 1 saturated carbocycles. The number of para-hydroxylation sites is 1. The van der Waals surface area contributed by atoms with Crippen LogP contribution in [0.4, 0.5) is 15.8 Å². The fraction of sp³-hybridized carbons (Fsp3) is 0.294. The smallest absolute Gasteiger partial charge is 0.146 e. The lowest BCUT2D eigenvalue weighted by atomic mass is 10.1. The minimum Gasteiger partial charge on any atom is -0.342 e. The van der Waals surface area contributed by atoms with Crippen LogP contribution in [0.25, 0.3) is 0 Å². The van der Waals surface area contributed by atoms with Crippen molar-refractivity contribution in [1.82, 2.24) is 5.32 Å². The monoisotopic (exact) mass is 304 g/mol. The van der Waals surface area contributed by atoms with Crippen molar-refractivity contribution in [3.8, 4) is 0 Å². The number of hydrogen-bond donors (Lipinski definition) is 1. The lowest BCUT2D eigenvalue weighted by molar-refractivity contribution is 0.627. The van der Waals surface area contributed by atoms with Crippen molar-refractivity contribution in [3.05, 3.63) is 58.9 Å². The van der Waals surface area contributed by atoms with Crippen molar-refractivity contribution < 1.29 is 4.39 Å². The summed E-state index contributed by atoms with van der Waals surface area (Å²) in [5.74, 6) is -0.226. The normalized spacial score (nSPS) is 14.2. The molecule has 21 heavy (non-hydrogen) atoms. The van der Waals surface area contributed by atoms with E-state index in [4.69, 9.17) is 11.6 Å². The zero-order chi connectivity index (χ0) is 14.8. The first-order valence-electron chi connectivity index (χ1n) is 7.15. The van der Waals surface area contributed by atoms with Gasteiger partial charge in [0, 0.05) is 30.3 Å². The topological polar surface area (TPSA) is 15.3 Å². The van der Waals surface area contributed by atoms with Gasteiger partial charge in [-0.05, 0) is 48.7 Å². The van der Waals surface area contributed by atoms with Crippen LogP contribution in [0.1, 0.15) is 18.4 Å². The van der Waals surface area contributed by atoms with Crippen LogP contribution in [0.15, 0.2) is 42.5 Å². The summed E-state index contributed by atoms with van der Waals surface area (Å²) < 4.78 is 14.0. The predicted molar refractivity (Wildman–Crippen MR) is 85.8 cm³/mol. The number of nitrogens with zero attached hydrogens (tertiary/aromatic N) is 1. The van der Waals surface area contributed by atoms with Gasteiger partial charge in [-0.15, -0.1) is 0 Å². The second-order valence-electron chi connectivity index (χ2n) is 5.44. The molecule has 3 rings (SSSR count). The molecule has 2 nitrogen and oxygen atoms in total. The van der Waals surface area contributed by atoms with E-state index in [2.05, 4.69) is 5.32 Å². The highest BCUT2D eigenvalue weighted by molar-refractivity contribution is 6.30. The van der Waals surface area contributed by atoms with Crippen molar-refractivity contribution in [2.75, 3.05) is 11.9 Å². The third-order valence-electron chi connectivity index (χ3n) is 3.78. The Labute approximate surface area is 129 Å². The van der Waals surface area contributed by atoms with E-state index in [1.54, 1.807) is 12.1 Å². The summed E-state index contributed by atoms with van der Waals surface area (Å²) in [6.45, 7) is 0.749. The highest BCUT2D eigenvalue weighted by Gasteiger charge is 2.21. The van der Waals surface area contributed by atoms with Gasteiger partial charge in [-0.3, -0.25) is 0 Å². The molecule has 0 radical (unpaired) electrons. The number of halogens is 2. The first-order chi connectivity index (χ1) is 10.1. The van der Waals surface area contributed by atoms with Gasteiger partial charge in [0.05, 0.1) is 5.69 Å². The van der Waals surface area contributed by atoms with Crippen LogP contribution in [-0.4, -0.2) is 13.1 Å². The Morgan fingerprint density at radius 3 is 2.67 bits per heavy atom. The molecule has 0 heterocycles. The van der Waals surface area contributed by atoms with Gasteiger partial charge in [0.2, 0.25) is 0 Å². The van der Waals surface area contributed by atoms with E-state index in [1.165, 1.54) is 18.9 Å². The SMILES string of the molecule is CN(c1ccccc1F)c1ccc(Cl)cc1CNC1CC1. The molecule has 2 aromatic carbocycles. The molecule has 0 saturated heterocycles. The molecule has 1 N–H and O–H groups in total. The zero-order valence-electron chi connectivity index (χ0n) is 11.9. The van der Waals surface area contributed by atoms with Crippen molar-refractivity contribution in [2.45, 2.75) is 25.4 Å². The van der Waals surface area contributed by atoms with Crippen LogP contribution < -0.4 is 10.2 Å². The average molecular weight is 305 g/mol. The summed E-state index contributed by atoms with van der Waals surface area (Å²) in [7, 11) is 1.88. The summed E-state index contributed by atoms with van der Waals surface area (Å²) in [5, 5.41) is 4.18. The Kier molecular flexibility index (Phi) is 4.13. The molecule has 0 amide bonds. The molecule has 1 fully saturated rings. The number of hydrogen-bond acceptors (Lipinski definition) is 2. The van der Waals surface area contributed by atoms with E-state index in [0.29, 0.717) is 16.8 Å². The van der Waals surface area contributed by atoms with Crippen molar-refractivity contribution in [1.29, 1.82) is 0 Å². The Morgan fingerprint density at radius 1 is 1.19 bits per heavy atom. The number of benzene rings is 2. The van der Waals surface area contributed by atoms with Crippen LogP contribution in [-0.2, 0) is 6.54 Å². The highest BCUT2D eigenvalue weighted by Crippen LogP contribution is 2.31. The molecule has 0 atom stereocenters. The average Bonchev–Trinajstić information content (AvgIpc) is 3.29. The van der Waals surface area contributed by atoms with E-state index in [-0.39, 0.29) is 5.82 Å². The first-order valence-corrected chi connectivity index (χ1v) is 7.53. The van der Waals surface area contributed by atoms with Crippen LogP contribution in [0.3, 0.4) is 0 Å². The summed E-state index contributed by atoms with van der Waals surface area (Å²) in [6.07, 6.45) is 2.47. The molecule has 4 heteroatoms. The van der Waals surface area contributed by atoms with Gasteiger partial charge in [0.1, 0.15) is 5.82 Å². The highest BCUT2D eigenvalue weighted by atomic mass is 35.5. The molecule has 110 valence electrons. The largest absolute Gasteiger partial charge is 0.342 e. The van der Waals surface area contributed by atoms with Crippen molar-refractivity contribution in [3.63, 3.8) is 0 Å². The van der Waals surface area contributed by atoms with E-state index in [1.807, 2.05) is 36.2 Å².